The molecule has 23 heavy (non-hydrogen) atoms. The third kappa shape index (κ3) is 6.09. The lowest BCUT2D eigenvalue weighted by atomic mass is 9.79. The quantitative estimate of drug-likeness (QED) is 0.605. The maximum Gasteiger partial charge on any atom is 0.313 e. The summed E-state index contributed by atoms with van der Waals surface area (Å²) in [6.45, 7) is 12.8. The van der Waals surface area contributed by atoms with Gasteiger partial charge in [-0.05, 0) is 34.4 Å². The summed E-state index contributed by atoms with van der Waals surface area (Å²) in [4.78, 5) is 12.5. The van der Waals surface area contributed by atoms with Gasteiger partial charge in [-0.1, -0.05) is 53.7 Å². The van der Waals surface area contributed by atoms with Crippen molar-refractivity contribution in [3.8, 4) is 5.75 Å². The topological polar surface area (TPSA) is 46.5 Å². The number of carbonyl (C=O) groups is 1. The Bertz CT molecular complexity index is 539. The lowest BCUT2D eigenvalue weighted by Crippen LogP contribution is -2.23. The van der Waals surface area contributed by atoms with E-state index < -0.39 is 0 Å². The number of esters is 1. The number of aromatic hydroxyl groups is 1. The minimum Gasteiger partial charge on any atom is -0.508 e. The monoisotopic (exact) mass is 338 g/mol. The molecule has 0 heterocycles. The third-order valence-electron chi connectivity index (χ3n) is 3.67. The summed E-state index contributed by atoms with van der Waals surface area (Å²) < 4.78 is 5.33. The van der Waals surface area contributed by atoms with Crippen LogP contribution in [0.2, 0.25) is 0 Å². The van der Waals surface area contributed by atoms with E-state index >= 15 is 0 Å². The number of benzene rings is 1. The summed E-state index contributed by atoms with van der Waals surface area (Å²) in [5.74, 6) is 0.215. The number of hydrogen-bond donors (Lipinski definition) is 2. The van der Waals surface area contributed by atoms with Gasteiger partial charge >= 0.3 is 5.97 Å². The molecule has 0 aliphatic carbocycles. The maximum absolute atomic E-state index is 12.5. The molecule has 1 rings (SSSR count). The van der Waals surface area contributed by atoms with E-state index in [2.05, 4.69) is 33.4 Å². The summed E-state index contributed by atoms with van der Waals surface area (Å²) in [6.07, 6.45) is 0.687. The van der Waals surface area contributed by atoms with E-state index in [9.17, 15) is 9.90 Å². The Morgan fingerprint density at radius 2 is 1.83 bits per heavy atom. The fourth-order valence-electron chi connectivity index (χ4n) is 2.57. The fourth-order valence-corrected chi connectivity index (χ4v) is 2.66. The van der Waals surface area contributed by atoms with Crippen molar-refractivity contribution >= 4 is 18.6 Å². The predicted molar refractivity (Wildman–Crippen MR) is 98.4 cm³/mol. The van der Waals surface area contributed by atoms with Crippen LogP contribution in [0.4, 0.5) is 0 Å². The molecule has 0 radical (unpaired) electrons. The molecule has 1 aromatic carbocycles. The van der Waals surface area contributed by atoms with Crippen LogP contribution < -0.4 is 0 Å². The molecule has 0 spiro atoms. The second-order valence-electron chi connectivity index (χ2n) is 8.24. The highest BCUT2D eigenvalue weighted by atomic mass is 32.1. The molecule has 0 amide bonds. The van der Waals surface area contributed by atoms with Gasteiger partial charge in [-0.25, -0.2) is 0 Å². The van der Waals surface area contributed by atoms with Gasteiger partial charge in [-0.3, -0.25) is 4.79 Å². The number of phenols is 1. The van der Waals surface area contributed by atoms with E-state index in [0.717, 1.165) is 11.1 Å². The number of thiol groups is 1. The Hall–Kier alpha value is -1.16. The highest BCUT2D eigenvalue weighted by molar-refractivity contribution is 7.80. The molecular weight excluding hydrogens is 308 g/mol. The van der Waals surface area contributed by atoms with Gasteiger partial charge in [-0.2, -0.15) is 12.6 Å². The minimum atomic E-state index is -0.336. The molecule has 1 unspecified atom stereocenters. The van der Waals surface area contributed by atoms with E-state index in [1.54, 1.807) is 6.07 Å². The standard InChI is InChI=1S/C19H30O3S/c1-18(2,3)12-14(17(21)22-9-10-23)13-7-8-16(20)15(11-13)19(4,5)6/h7-8,11,14,20,23H,9-10,12H2,1-6H3. The molecule has 0 bridgehead atoms. The van der Waals surface area contributed by atoms with Crippen LogP contribution in [-0.4, -0.2) is 23.4 Å². The number of phenolic OH excluding ortho intramolecular Hbond substituents is 1. The molecule has 1 N–H and O–H groups in total. The molecular formula is C19H30O3S. The van der Waals surface area contributed by atoms with Crippen molar-refractivity contribution in [2.24, 2.45) is 5.41 Å². The van der Waals surface area contributed by atoms with Crippen molar-refractivity contribution in [3.63, 3.8) is 0 Å². The number of rotatable bonds is 5. The Kier molecular flexibility index (Phi) is 6.58. The molecule has 0 aliphatic rings. The molecule has 0 saturated heterocycles. The van der Waals surface area contributed by atoms with Crippen LogP contribution >= 0.6 is 12.6 Å². The Labute approximate surface area is 145 Å². The maximum atomic E-state index is 12.5. The van der Waals surface area contributed by atoms with Crippen LogP contribution in [0.5, 0.6) is 5.75 Å². The second-order valence-corrected chi connectivity index (χ2v) is 8.68. The van der Waals surface area contributed by atoms with Crippen molar-refractivity contribution in [3.05, 3.63) is 29.3 Å². The lowest BCUT2D eigenvalue weighted by Gasteiger charge is -2.27. The van der Waals surface area contributed by atoms with Crippen LogP contribution in [-0.2, 0) is 14.9 Å². The molecule has 0 aliphatic heterocycles. The largest absolute Gasteiger partial charge is 0.508 e. The Balaban J connectivity index is 3.23. The summed E-state index contributed by atoms with van der Waals surface area (Å²) in [5, 5.41) is 10.1. The third-order valence-corrected chi connectivity index (χ3v) is 3.85. The van der Waals surface area contributed by atoms with Crippen molar-refractivity contribution in [1.82, 2.24) is 0 Å². The molecule has 0 saturated carbocycles. The second kappa shape index (κ2) is 7.61. The number of carbonyl (C=O) groups excluding carboxylic acids is 1. The van der Waals surface area contributed by atoms with Crippen molar-refractivity contribution < 1.29 is 14.6 Å². The van der Waals surface area contributed by atoms with Gasteiger partial charge in [0.25, 0.3) is 0 Å². The zero-order chi connectivity index (χ0) is 17.8. The first-order valence-electron chi connectivity index (χ1n) is 8.06. The van der Waals surface area contributed by atoms with Crippen LogP contribution in [0.15, 0.2) is 18.2 Å². The first-order chi connectivity index (χ1) is 10.5. The van der Waals surface area contributed by atoms with Gasteiger partial charge in [0.15, 0.2) is 0 Å². The lowest BCUT2D eigenvalue weighted by molar-refractivity contribution is -0.145. The van der Waals surface area contributed by atoms with Gasteiger partial charge in [-0.15, -0.1) is 0 Å². The Morgan fingerprint density at radius 3 is 2.30 bits per heavy atom. The van der Waals surface area contributed by atoms with E-state index in [1.165, 1.54) is 0 Å². The minimum absolute atomic E-state index is 0.00949. The highest BCUT2D eigenvalue weighted by Gasteiger charge is 2.29. The normalized spacial score (nSPS) is 13.7. The molecule has 4 heteroatoms. The molecule has 1 aromatic rings. The summed E-state index contributed by atoms with van der Waals surface area (Å²) >= 11 is 4.09. The van der Waals surface area contributed by atoms with E-state index in [1.807, 2.05) is 32.9 Å². The van der Waals surface area contributed by atoms with Gasteiger partial charge in [0.1, 0.15) is 12.4 Å². The average Bonchev–Trinajstić information content (AvgIpc) is 2.40. The SMILES string of the molecule is CC(C)(C)CC(C(=O)OCCS)c1ccc(O)c(C(C)(C)C)c1. The molecule has 0 fully saturated rings. The van der Waals surface area contributed by atoms with Crippen molar-refractivity contribution in [1.29, 1.82) is 0 Å². The Morgan fingerprint density at radius 1 is 1.22 bits per heavy atom. The number of ether oxygens (including phenoxy) is 1. The van der Waals surface area contributed by atoms with E-state index in [4.69, 9.17) is 4.74 Å². The summed E-state index contributed by atoms with van der Waals surface area (Å²) in [6, 6.07) is 5.44. The van der Waals surface area contributed by atoms with Gasteiger partial charge in [0.05, 0.1) is 5.92 Å². The van der Waals surface area contributed by atoms with Gasteiger partial charge < -0.3 is 9.84 Å². The number of hydrogen-bond acceptors (Lipinski definition) is 4. The van der Waals surface area contributed by atoms with E-state index in [-0.39, 0.29) is 28.5 Å². The summed E-state index contributed by atoms with van der Waals surface area (Å²) in [5.41, 5.74) is 1.54. The van der Waals surface area contributed by atoms with Crippen LogP contribution in [0.1, 0.15) is 65.0 Å². The first-order valence-corrected chi connectivity index (χ1v) is 8.70. The zero-order valence-electron chi connectivity index (χ0n) is 15.1. The van der Waals surface area contributed by atoms with Crippen LogP contribution in [0, 0.1) is 5.41 Å². The predicted octanol–water partition coefficient (Wildman–Crippen LogP) is 4.68. The first kappa shape index (κ1) is 19.9. The van der Waals surface area contributed by atoms with E-state index in [0.29, 0.717) is 18.8 Å². The molecule has 3 nitrogen and oxygen atoms in total. The van der Waals surface area contributed by atoms with Gasteiger partial charge in [0.2, 0.25) is 0 Å². The van der Waals surface area contributed by atoms with Crippen LogP contribution in [0.25, 0.3) is 0 Å². The fraction of sp³-hybridized carbons (Fsp3) is 0.632. The van der Waals surface area contributed by atoms with Gasteiger partial charge in [0, 0.05) is 5.75 Å². The zero-order valence-corrected chi connectivity index (χ0v) is 16.0. The smallest absolute Gasteiger partial charge is 0.313 e. The van der Waals surface area contributed by atoms with Crippen molar-refractivity contribution in [2.45, 2.75) is 59.3 Å². The highest BCUT2D eigenvalue weighted by Crippen LogP contribution is 2.37. The molecule has 0 aromatic heterocycles. The summed E-state index contributed by atoms with van der Waals surface area (Å²) in [7, 11) is 0. The van der Waals surface area contributed by atoms with Crippen molar-refractivity contribution in [2.75, 3.05) is 12.4 Å². The molecule has 130 valence electrons. The van der Waals surface area contributed by atoms with Crippen LogP contribution in [0.3, 0.4) is 0 Å². The average molecular weight is 339 g/mol. The molecule has 1 atom stereocenters.